The zero-order valence-electron chi connectivity index (χ0n) is 14.6. The fourth-order valence-corrected chi connectivity index (χ4v) is 4.03. The maximum atomic E-state index is 12.4. The van der Waals surface area contributed by atoms with Crippen LogP contribution in [0.5, 0.6) is 5.75 Å². The number of amides is 1. The molecule has 1 amide bonds. The minimum Gasteiger partial charge on any atom is -0.495 e. The lowest BCUT2D eigenvalue weighted by molar-refractivity contribution is 0.153. The van der Waals surface area contributed by atoms with Crippen LogP contribution < -0.4 is 15.0 Å². The highest BCUT2D eigenvalue weighted by Gasteiger charge is 2.27. The van der Waals surface area contributed by atoms with Crippen LogP contribution in [0.15, 0.2) is 24.3 Å². The van der Waals surface area contributed by atoms with Gasteiger partial charge in [0.25, 0.3) is 0 Å². The van der Waals surface area contributed by atoms with Crippen LogP contribution in [0, 0.1) is 0 Å². The Morgan fingerprint density at radius 2 is 1.88 bits per heavy atom. The van der Waals surface area contributed by atoms with Crippen LogP contribution in [-0.4, -0.2) is 71.0 Å². The van der Waals surface area contributed by atoms with Crippen molar-refractivity contribution in [2.45, 2.75) is 6.92 Å². The molecular weight excluding hydrogens is 346 g/mol. The number of alkyl carbamates (subject to hydrolysis) is 1. The van der Waals surface area contributed by atoms with Crippen LogP contribution in [-0.2, 0) is 14.8 Å². The van der Waals surface area contributed by atoms with Gasteiger partial charge in [0, 0.05) is 32.7 Å². The van der Waals surface area contributed by atoms with Crippen LogP contribution in [0.25, 0.3) is 0 Å². The van der Waals surface area contributed by atoms with Gasteiger partial charge in [-0.05, 0) is 19.1 Å². The molecule has 0 aromatic heterocycles. The van der Waals surface area contributed by atoms with Gasteiger partial charge in [-0.2, -0.15) is 4.31 Å². The van der Waals surface area contributed by atoms with Crippen molar-refractivity contribution in [1.82, 2.24) is 9.62 Å². The van der Waals surface area contributed by atoms with E-state index >= 15 is 0 Å². The van der Waals surface area contributed by atoms with Crippen LogP contribution in [0.4, 0.5) is 10.5 Å². The molecule has 8 nitrogen and oxygen atoms in total. The summed E-state index contributed by atoms with van der Waals surface area (Å²) in [5.74, 6) is 0.637. The van der Waals surface area contributed by atoms with Gasteiger partial charge in [0.1, 0.15) is 5.75 Å². The normalized spacial score (nSPS) is 15.7. The Hall–Kier alpha value is -2.00. The van der Waals surface area contributed by atoms with Gasteiger partial charge in [-0.25, -0.2) is 13.2 Å². The molecule has 1 fully saturated rings. The molecule has 0 unspecified atom stereocenters. The van der Waals surface area contributed by atoms with Crippen molar-refractivity contribution in [2.75, 3.05) is 57.1 Å². The summed E-state index contributed by atoms with van der Waals surface area (Å²) in [5, 5.41) is 2.43. The number of hydrogen-bond donors (Lipinski definition) is 1. The van der Waals surface area contributed by atoms with Crippen molar-refractivity contribution < 1.29 is 22.7 Å². The molecule has 2 rings (SSSR count). The summed E-state index contributed by atoms with van der Waals surface area (Å²) >= 11 is 0. The number of sulfonamides is 1. The molecular formula is C16H25N3O5S. The molecule has 1 aromatic carbocycles. The van der Waals surface area contributed by atoms with Crippen molar-refractivity contribution >= 4 is 21.8 Å². The number of carbonyl (C=O) groups is 1. The van der Waals surface area contributed by atoms with Crippen LogP contribution >= 0.6 is 0 Å². The second kappa shape index (κ2) is 8.91. The third-order valence-corrected chi connectivity index (χ3v) is 5.83. The Morgan fingerprint density at radius 3 is 2.52 bits per heavy atom. The topological polar surface area (TPSA) is 88.2 Å². The lowest BCUT2D eigenvalue weighted by Crippen LogP contribution is -2.50. The van der Waals surface area contributed by atoms with E-state index in [0.29, 0.717) is 26.2 Å². The van der Waals surface area contributed by atoms with Crippen molar-refractivity contribution in [1.29, 1.82) is 0 Å². The number of hydrogen-bond acceptors (Lipinski definition) is 6. The molecule has 0 atom stereocenters. The summed E-state index contributed by atoms with van der Waals surface area (Å²) in [6.45, 7) is 3.96. The number of nitrogens with zero attached hydrogens (tertiary/aromatic N) is 2. The summed E-state index contributed by atoms with van der Waals surface area (Å²) in [5.41, 5.74) is 0.964. The molecule has 140 valence electrons. The third-order valence-electron chi connectivity index (χ3n) is 3.96. The zero-order chi connectivity index (χ0) is 18.3. The molecule has 25 heavy (non-hydrogen) atoms. The first-order valence-corrected chi connectivity index (χ1v) is 9.85. The third kappa shape index (κ3) is 5.23. The number of methoxy groups -OCH3 is 1. The smallest absolute Gasteiger partial charge is 0.407 e. The van der Waals surface area contributed by atoms with Crippen molar-refractivity contribution in [3.05, 3.63) is 24.3 Å². The van der Waals surface area contributed by atoms with E-state index in [1.807, 2.05) is 24.3 Å². The number of carbonyl (C=O) groups excluding carboxylic acids is 1. The Labute approximate surface area is 148 Å². The fraction of sp³-hybridized carbons (Fsp3) is 0.562. The maximum absolute atomic E-state index is 12.4. The Bertz CT molecular complexity index is 672. The lowest BCUT2D eigenvalue weighted by Gasteiger charge is -2.35. The summed E-state index contributed by atoms with van der Waals surface area (Å²) in [6.07, 6.45) is -0.598. The minimum absolute atomic E-state index is 0.0356. The number of anilines is 1. The van der Waals surface area contributed by atoms with Crippen LogP contribution in [0.1, 0.15) is 6.92 Å². The Morgan fingerprint density at radius 1 is 1.20 bits per heavy atom. The van der Waals surface area contributed by atoms with Crippen molar-refractivity contribution in [3.8, 4) is 5.75 Å². The van der Waals surface area contributed by atoms with Gasteiger partial charge in [0.15, 0.2) is 0 Å². The summed E-state index contributed by atoms with van der Waals surface area (Å²) in [4.78, 5) is 13.3. The van der Waals surface area contributed by atoms with Gasteiger partial charge in [-0.1, -0.05) is 12.1 Å². The maximum Gasteiger partial charge on any atom is 0.407 e. The monoisotopic (exact) mass is 371 g/mol. The number of para-hydroxylation sites is 2. The average Bonchev–Trinajstić information content (AvgIpc) is 2.62. The van der Waals surface area contributed by atoms with Gasteiger partial charge < -0.3 is 19.7 Å². The quantitative estimate of drug-likeness (QED) is 0.766. The summed E-state index contributed by atoms with van der Waals surface area (Å²) in [6, 6.07) is 7.69. The fourth-order valence-electron chi connectivity index (χ4n) is 2.69. The summed E-state index contributed by atoms with van der Waals surface area (Å²) in [7, 11) is -1.79. The van der Waals surface area contributed by atoms with Crippen molar-refractivity contribution in [2.24, 2.45) is 0 Å². The molecule has 0 spiro atoms. The lowest BCUT2D eigenvalue weighted by atomic mass is 10.2. The first-order valence-electron chi connectivity index (χ1n) is 8.24. The molecule has 1 saturated heterocycles. The van der Waals surface area contributed by atoms with E-state index in [0.717, 1.165) is 11.4 Å². The first kappa shape index (κ1) is 19.3. The molecule has 0 saturated carbocycles. The van der Waals surface area contributed by atoms with Crippen LogP contribution in [0.3, 0.4) is 0 Å². The van der Waals surface area contributed by atoms with Gasteiger partial charge in [-0.3, -0.25) is 0 Å². The number of benzene rings is 1. The predicted octanol–water partition coefficient (Wildman–Crippen LogP) is 0.893. The van der Waals surface area contributed by atoms with Gasteiger partial charge in [0.2, 0.25) is 10.0 Å². The molecule has 1 aliphatic heterocycles. The number of nitrogens with one attached hydrogen (secondary N) is 1. The number of piperazine rings is 1. The minimum atomic E-state index is -3.41. The largest absolute Gasteiger partial charge is 0.495 e. The van der Waals surface area contributed by atoms with Gasteiger partial charge >= 0.3 is 6.09 Å². The van der Waals surface area contributed by atoms with E-state index in [1.165, 1.54) is 4.31 Å². The summed E-state index contributed by atoms with van der Waals surface area (Å²) < 4.78 is 36.3. The number of rotatable bonds is 7. The molecule has 1 aliphatic rings. The molecule has 0 aliphatic carbocycles. The van der Waals surface area contributed by atoms with Gasteiger partial charge in [0.05, 0.1) is 25.2 Å². The second-order valence-corrected chi connectivity index (χ2v) is 7.61. The Balaban J connectivity index is 1.87. The SMILES string of the molecule is CCOC(=O)NCCS(=O)(=O)N1CCN(c2ccccc2OC)CC1. The standard InChI is InChI=1S/C16H25N3O5S/c1-3-24-16(20)17-8-13-25(21,22)19-11-9-18(10-12-19)14-6-4-5-7-15(14)23-2/h4-7H,3,8-13H2,1-2H3,(H,17,20). The predicted molar refractivity (Wildman–Crippen MR) is 95.6 cm³/mol. The van der Waals surface area contributed by atoms with E-state index in [9.17, 15) is 13.2 Å². The van der Waals surface area contributed by atoms with E-state index in [1.54, 1.807) is 14.0 Å². The second-order valence-electron chi connectivity index (χ2n) is 5.52. The van der Waals surface area contributed by atoms with E-state index in [4.69, 9.17) is 9.47 Å². The van der Waals surface area contributed by atoms with Gasteiger partial charge in [-0.15, -0.1) is 0 Å². The molecule has 0 bridgehead atoms. The first-order chi connectivity index (χ1) is 12.0. The van der Waals surface area contributed by atoms with E-state index in [2.05, 4.69) is 10.2 Å². The highest BCUT2D eigenvalue weighted by atomic mass is 32.2. The highest BCUT2D eigenvalue weighted by molar-refractivity contribution is 7.89. The van der Waals surface area contributed by atoms with E-state index < -0.39 is 16.1 Å². The average molecular weight is 371 g/mol. The number of ether oxygens (including phenoxy) is 2. The Kier molecular flexibility index (Phi) is 6.89. The molecule has 1 aromatic rings. The molecule has 0 radical (unpaired) electrons. The zero-order valence-corrected chi connectivity index (χ0v) is 15.4. The molecule has 1 N–H and O–H groups in total. The van der Waals surface area contributed by atoms with Crippen molar-refractivity contribution in [3.63, 3.8) is 0 Å². The molecule has 9 heteroatoms. The van der Waals surface area contributed by atoms with E-state index in [-0.39, 0.29) is 18.9 Å². The van der Waals surface area contributed by atoms with Crippen LogP contribution in [0.2, 0.25) is 0 Å². The molecule has 1 heterocycles. The highest BCUT2D eigenvalue weighted by Crippen LogP contribution is 2.28.